The van der Waals surface area contributed by atoms with E-state index in [-0.39, 0.29) is 16.6 Å². The van der Waals surface area contributed by atoms with Crippen molar-refractivity contribution < 1.29 is 18.0 Å². The Bertz CT molecular complexity index is 1440. The summed E-state index contributed by atoms with van der Waals surface area (Å²) in [5.74, 6) is -0.483. The minimum atomic E-state index is -3.58. The van der Waals surface area contributed by atoms with Gasteiger partial charge in [-0.25, -0.2) is 13.4 Å². The molecule has 7 nitrogen and oxygen atoms in total. The second kappa shape index (κ2) is 9.84. The van der Waals surface area contributed by atoms with Crippen LogP contribution < -0.4 is 5.32 Å². The van der Waals surface area contributed by atoms with E-state index in [1.165, 1.54) is 21.7 Å². The van der Waals surface area contributed by atoms with Crippen molar-refractivity contribution in [2.75, 3.05) is 18.4 Å². The molecule has 0 spiro atoms. The molecule has 0 atom stereocenters. The topological polar surface area (TPSA) is 96.4 Å². The van der Waals surface area contributed by atoms with E-state index in [0.29, 0.717) is 45.1 Å². The number of fused-ring (bicyclic) bond motifs is 1. The molecule has 0 aliphatic carbocycles. The van der Waals surface area contributed by atoms with Crippen molar-refractivity contribution >= 4 is 48.4 Å². The second-order valence-electron chi connectivity index (χ2n) is 7.46. The molecule has 4 aromatic rings. The molecule has 0 saturated carbocycles. The molecule has 0 aliphatic rings. The summed E-state index contributed by atoms with van der Waals surface area (Å²) < 4.78 is 27.6. The first-order valence-corrected chi connectivity index (χ1v) is 13.0. The molecular weight excluding hydrogens is 470 g/mol. The summed E-state index contributed by atoms with van der Waals surface area (Å²) in [5.41, 5.74) is 2.05. The van der Waals surface area contributed by atoms with Gasteiger partial charge in [-0.1, -0.05) is 67.6 Å². The lowest BCUT2D eigenvalue weighted by molar-refractivity contribution is 0.102. The van der Waals surface area contributed by atoms with Gasteiger partial charge >= 0.3 is 0 Å². The van der Waals surface area contributed by atoms with Crippen molar-refractivity contribution in [3.05, 3.63) is 89.5 Å². The second-order valence-corrected chi connectivity index (χ2v) is 10.4. The Hall–Kier alpha value is -3.40. The van der Waals surface area contributed by atoms with Crippen molar-refractivity contribution in [2.45, 2.75) is 18.7 Å². The number of hydrogen-bond acceptors (Lipinski definition) is 6. The van der Waals surface area contributed by atoms with Crippen molar-refractivity contribution in [3.8, 4) is 0 Å². The number of carbonyl (C=O) groups is 2. The van der Waals surface area contributed by atoms with Crippen LogP contribution >= 0.6 is 11.3 Å². The molecule has 174 valence electrons. The van der Waals surface area contributed by atoms with Crippen LogP contribution in [0.1, 0.15) is 40.1 Å². The molecule has 0 radical (unpaired) electrons. The predicted molar refractivity (Wildman–Crippen MR) is 134 cm³/mol. The summed E-state index contributed by atoms with van der Waals surface area (Å²) >= 11 is 1.20. The number of amides is 1. The number of nitrogens with zero attached hydrogens (tertiary/aromatic N) is 2. The first kappa shape index (κ1) is 23.7. The normalized spacial score (nSPS) is 11.6. The Kier molecular flexibility index (Phi) is 6.87. The van der Waals surface area contributed by atoms with Gasteiger partial charge < -0.3 is 0 Å². The highest BCUT2D eigenvalue weighted by Crippen LogP contribution is 2.29. The summed E-state index contributed by atoms with van der Waals surface area (Å²) in [4.78, 5) is 29.8. The number of carbonyl (C=O) groups excluding carboxylic acids is 2. The fraction of sp³-hybridized carbons (Fsp3) is 0.160. The number of ketones is 1. The number of thiazole rings is 1. The Balaban J connectivity index is 1.51. The van der Waals surface area contributed by atoms with Crippen LogP contribution in [0.2, 0.25) is 0 Å². The van der Waals surface area contributed by atoms with Crippen LogP contribution in [0.4, 0.5) is 5.13 Å². The van der Waals surface area contributed by atoms with Gasteiger partial charge in [-0.15, -0.1) is 0 Å². The lowest BCUT2D eigenvalue weighted by Crippen LogP contribution is -2.30. The van der Waals surface area contributed by atoms with E-state index in [1.807, 2.05) is 6.07 Å². The lowest BCUT2D eigenvalue weighted by Gasteiger charge is -2.18. The smallest absolute Gasteiger partial charge is 0.257 e. The first-order chi connectivity index (χ1) is 16.3. The number of benzene rings is 3. The van der Waals surface area contributed by atoms with E-state index in [1.54, 1.807) is 74.5 Å². The SMILES string of the molecule is CCN(CC)S(=O)(=O)c1ccc2nc(NC(=O)c3ccc(C(=O)c4ccccc4)cc3)sc2c1. The van der Waals surface area contributed by atoms with Gasteiger partial charge in [0, 0.05) is 29.8 Å². The fourth-order valence-electron chi connectivity index (χ4n) is 3.53. The Morgan fingerprint density at radius 2 is 1.50 bits per heavy atom. The molecular formula is C25H23N3O4S2. The minimum Gasteiger partial charge on any atom is -0.298 e. The van der Waals surface area contributed by atoms with Crippen LogP contribution in [0.15, 0.2) is 77.7 Å². The average Bonchev–Trinajstić information content (AvgIpc) is 3.26. The number of hydrogen-bond donors (Lipinski definition) is 1. The van der Waals surface area contributed by atoms with Gasteiger partial charge in [-0.05, 0) is 30.3 Å². The van der Waals surface area contributed by atoms with Crippen LogP contribution in [0, 0.1) is 0 Å². The number of sulfonamides is 1. The predicted octanol–water partition coefficient (Wildman–Crippen LogP) is 4.81. The third-order valence-corrected chi connectivity index (χ3v) is 8.35. The molecule has 0 fully saturated rings. The molecule has 1 heterocycles. The summed E-state index contributed by atoms with van der Waals surface area (Å²) in [6.07, 6.45) is 0. The quantitative estimate of drug-likeness (QED) is 0.355. The maximum atomic E-state index is 12.8. The van der Waals surface area contributed by atoms with E-state index in [9.17, 15) is 18.0 Å². The average molecular weight is 494 g/mol. The highest BCUT2D eigenvalue weighted by Gasteiger charge is 2.22. The fourth-order valence-corrected chi connectivity index (χ4v) is 5.99. The maximum Gasteiger partial charge on any atom is 0.257 e. The Labute approximate surface area is 202 Å². The Morgan fingerprint density at radius 3 is 2.15 bits per heavy atom. The van der Waals surface area contributed by atoms with Crippen molar-refractivity contribution in [2.24, 2.45) is 0 Å². The minimum absolute atomic E-state index is 0.116. The van der Waals surface area contributed by atoms with Crippen LogP contribution in [0.3, 0.4) is 0 Å². The number of anilines is 1. The molecule has 3 aromatic carbocycles. The molecule has 1 amide bonds. The van der Waals surface area contributed by atoms with Gasteiger partial charge in [0.25, 0.3) is 5.91 Å². The molecule has 1 aromatic heterocycles. The molecule has 0 bridgehead atoms. The van der Waals surface area contributed by atoms with Crippen molar-refractivity contribution in [1.82, 2.24) is 9.29 Å². The summed E-state index contributed by atoms with van der Waals surface area (Å²) in [7, 11) is -3.58. The largest absolute Gasteiger partial charge is 0.298 e. The van der Waals surface area contributed by atoms with Gasteiger partial charge in [0.05, 0.1) is 15.1 Å². The third-order valence-electron chi connectivity index (χ3n) is 5.37. The van der Waals surface area contributed by atoms with Crippen molar-refractivity contribution in [1.29, 1.82) is 0 Å². The van der Waals surface area contributed by atoms with Crippen molar-refractivity contribution in [3.63, 3.8) is 0 Å². The highest BCUT2D eigenvalue weighted by atomic mass is 32.2. The van der Waals surface area contributed by atoms with Gasteiger partial charge in [0.1, 0.15) is 0 Å². The highest BCUT2D eigenvalue weighted by molar-refractivity contribution is 7.89. The van der Waals surface area contributed by atoms with Crippen LogP contribution in [0.5, 0.6) is 0 Å². The van der Waals surface area contributed by atoms with Gasteiger partial charge in [0.2, 0.25) is 10.0 Å². The molecule has 0 saturated heterocycles. The zero-order valence-corrected chi connectivity index (χ0v) is 20.3. The van der Waals surface area contributed by atoms with E-state index >= 15 is 0 Å². The van der Waals surface area contributed by atoms with E-state index in [0.717, 1.165) is 0 Å². The van der Waals surface area contributed by atoms with E-state index in [4.69, 9.17) is 0 Å². The Morgan fingerprint density at radius 1 is 0.882 bits per heavy atom. The maximum absolute atomic E-state index is 12.8. The zero-order valence-electron chi connectivity index (χ0n) is 18.7. The summed E-state index contributed by atoms with van der Waals surface area (Å²) in [5, 5.41) is 3.12. The molecule has 1 N–H and O–H groups in total. The van der Waals surface area contributed by atoms with Crippen LogP contribution in [-0.2, 0) is 10.0 Å². The first-order valence-electron chi connectivity index (χ1n) is 10.8. The molecule has 4 rings (SSSR count). The number of aromatic nitrogens is 1. The van der Waals surface area contributed by atoms with Crippen LogP contribution in [0.25, 0.3) is 10.2 Å². The van der Waals surface area contributed by atoms with Gasteiger partial charge in [-0.2, -0.15) is 4.31 Å². The summed E-state index contributed by atoms with van der Waals surface area (Å²) in [6.45, 7) is 4.36. The lowest BCUT2D eigenvalue weighted by atomic mass is 10.0. The number of nitrogens with one attached hydrogen (secondary N) is 1. The summed E-state index contributed by atoms with van der Waals surface area (Å²) in [6, 6.07) is 20.1. The van der Waals surface area contributed by atoms with Gasteiger partial charge in [0.15, 0.2) is 10.9 Å². The standard InChI is InChI=1S/C25H23N3O4S2/c1-3-28(4-2)34(31,32)20-14-15-21-22(16-20)33-25(26-21)27-24(30)19-12-10-18(11-13-19)23(29)17-8-6-5-7-9-17/h5-16H,3-4H2,1-2H3,(H,26,27,30). The molecule has 34 heavy (non-hydrogen) atoms. The monoisotopic (exact) mass is 493 g/mol. The molecule has 0 aliphatic heterocycles. The van der Waals surface area contributed by atoms with Gasteiger partial charge in [-0.3, -0.25) is 14.9 Å². The van der Waals surface area contributed by atoms with E-state index in [2.05, 4.69) is 10.3 Å². The molecule has 9 heteroatoms. The number of rotatable bonds is 8. The van der Waals surface area contributed by atoms with Crippen LogP contribution in [-0.4, -0.2) is 42.5 Å². The van der Waals surface area contributed by atoms with E-state index < -0.39 is 10.0 Å². The third kappa shape index (κ3) is 4.77. The zero-order chi connectivity index (χ0) is 24.3. The molecule has 0 unspecified atom stereocenters.